The molecule has 27 heavy (non-hydrogen) atoms. The molecule has 136 valence electrons. The number of aliphatic hydroxyl groups is 1. The number of hydrogen-bond acceptors (Lipinski definition) is 4. The summed E-state index contributed by atoms with van der Waals surface area (Å²) < 4.78 is 7.55. The molecule has 4 rings (SSSR count). The van der Waals surface area contributed by atoms with E-state index in [0.717, 1.165) is 27.8 Å². The lowest BCUT2D eigenvalue weighted by atomic mass is 10.1. The minimum absolute atomic E-state index is 0.256. The highest BCUT2D eigenvalue weighted by atomic mass is 35.5. The van der Waals surface area contributed by atoms with Crippen LogP contribution < -0.4 is 4.74 Å². The van der Waals surface area contributed by atoms with Crippen LogP contribution in [-0.4, -0.2) is 32.4 Å². The zero-order valence-corrected chi connectivity index (χ0v) is 15.5. The molecule has 0 amide bonds. The minimum atomic E-state index is -0.510. The maximum atomic E-state index is 9.35. The SMILES string of the molecule is C[C@H](O)COc1ccc(-c2cn(-c3ccccc3)c3ncnc(Cl)c23)cc1. The molecule has 5 nitrogen and oxygen atoms in total. The van der Waals surface area contributed by atoms with Gasteiger partial charge >= 0.3 is 0 Å². The zero-order valence-electron chi connectivity index (χ0n) is 14.7. The second kappa shape index (κ2) is 7.39. The Morgan fingerprint density at radius 3 is 2.52 bits per heavy atom. The summed E-state index contributed by atoms with van der Waals surface area (Å²) in [6, 6.07) is 17.7. The van der Waals surface area contributed by atoms with Gasteiger partial charge in [0.15, 0.2) is 0 Å². The summed E-state index contributed by atoms with van der Waals surface area (Å²) >= 11 is 6.41. The molecule has 0 aliphatic rings. The van der Waals surface area contributed by atoms with Crippen LogP contribution in [0.4, 0.5) is 0 Å². The number of nitrogens with zero attached hydrogens (tertiary/aromatic N) is 3. The van der Waals surface area contributed by atoms with Crippen LogP contribution in [0.3, 0.4) is 0 Å². The number of ether oxygens (including phenoxy) is 1. The molecule has 0 fully saturated rings. The van der Waals surface area contributed by atoms with Crippen LogP contribution in [0, 0.1) is 0 Å². The molecule has 2 aromatic heterocycles. The molecule has 2 heterocycles. The van der Waals surface area contributed by atoms with Crippen LogP contribution in [0.1, 0.15) is 6.92 Å². The fourth-order valence-electron chi connectivity index (χ4n) is 2.98. The molecule has 0 spiro atoms. The molecular weight excluding hydrogens is 362 g/mol. The molecule has 0 unspecified atom stereocenters. The van der Waals surface area contributed by atoms with Crippen LogP contribution in [0.25, 0.3) is 27.8 Å². The van der Waals surface area contributed by atoms with E-state index < -0.39 is 6.10 Å². The normalized spacial score (nSPS) is 12.3. The first-order valence-corrected chi connectivity index (χ1v) is 8.99. The van der Waals surface area contributed by atoms with Gasteiger partial charge in [0.05, 0.1) is 11.5 Å². The van der Waals surface area contributed by atoms with E-state index in [1.807, 2.05) is 65.4 Å². The molecular formula is C21H18ClN3O2. The fraction of sp³-hybridized carbons (Fsp3) is 0.143. The molecule has 0 aliphatic carbocycles. The summed E-state index contributed by atoms with van der Waals surface area (Å²) in [6.07, 6.45) is 2.98. The Kier molecular flexibility index (Phi) is 4.79. The Balaban J connectivity index is 1.80. The highest BCUT2D eigenvalue weighted by Crippen LogP contribution is 2.35. The van der Waals surface area contributed by atoms with Gasteiger partial charge in [0.25, 0.3) is 0 Å². The maximum Gasteiger partial charge on any atom is 0.150 e. The van der Waals surface area contributed by atoms with Gasteiger partial charge in [0.2, 0.25) is 0 Å². The van der Waals surface area contributed by atoms with Crippen LogP contribution in [0.5, 0.6) is 5.75 Å². The van der Waals surface area contributed by atoms with E-state index in [4.69, 9.17) is 16.3 Å². The van der Waals surface area contributed by atoms with E-state index in [9.17, 15) is 5.11 Å². The highest BCUT2D eigenvalue weighted by molar-refractivity contribution is 6.35. The van der Waals surface area contributed by atoms with E-state index in [0.29, 0.717) is 10.9 Å². The highest BCUT2D eigenvalue weighted by Gasteiger charge is 2.16. The third-order valence-corrected chi connectivity index (χ3v) is 4.51. The standard InChI is InChI=1S/C21H18ClN3O2/c1-14(26)12-27-17-9-7-15(8-10-17)18-11-25(16-5-3-2-4-6-16)21-19(18)20(22)23-13-24-21/h2-11,13-14,26H,12H2,1H3/t14-/m0/s1. The molecule has 0 aliphatic heterocycles. The second-order valence-corrected chi connectivity index (χ2v) is 6.65. The summed E-state index contributed by atoms with van der Waals surface area (Å²) in [7, 11) is 0. The zero-order chi connectivity index (χ0) is 18.8. The summed E-state index contributed by atoms with van der Waals surface area (Å²) in [6.45, 7) is 1.95. The average Bonchev–Trinajstić information content (AvgIpc) is 3.08. The molecule has 4 aromatic rings. The molecule has 2 aromatic carbocycles. The van der Waals surface area contributed by atoms with Crippen molar-refractivity contribution in [3.8, 4) is 22.6 Å². The number of fused-ring (bicyclic) bond motifs is 1. The number of aliphatic hydroxyl groups excluding tert-OH is 1. The number of benzene rings is 2. The Bertz CT molecular complexity index is 1060. The average molecular weight is 380 g/mol. The van der Waals surface area contributed by atoms with E-state index in [1.165, 1.54) is 6.33 Å². The van der Waals surface area contributed by atoms with E-state index in [-0.39, 0.29) is 6.61 Å². The van der Waals surface area contributed by atoms with Crippen LogP contribution in [-0.2, 0) is 0 Å². The summed E-state index contributed by atoms with van der Waals surface area (Å²) in [5, 5.41) is 10.6. The van der Waals surface area contributed by atoms with Gasteiger partial charge in [0, 0.05) is 17.4 Å². The van der Waals surface area contributed by atoms with Gasteiger partial charge in [0.1, 0.15) is 29.5 Å². The van der Waals surface area contributed by atoms with Gasteiger partial charge in [-0.05, 0) is 36.8 Å². The van der Waals surface area contributed by atoms with Gasteiger partial charge in [-0.15, -0.1) is 0 Å². The van der Waals surface area contributed by atoms with Crippen molar-refractivity contribution in [2.24, 2.45) is 0 Å². The predicted octanol–water partition coefficient (Wildman–Crippen LogP) is 4.50. The van der Waals surface area contributed by atoms with E-state index in [1.54, 1.807) is 6.92 Å². The lowest BCUT2D eigenvalue weighted by Gasteiger charge is -2.08. The third kappa shape index (κ3) is 3.52. The number of halogens is 1. The molecule has 1 atom stereocenters. The Labute approximate surface area is 161 Å². The van der Waals surface area contributed by atoms with Crippen molar-refractivity contribution in [2.45, 2.75) is 13.0 Å². The van der Waals surface area contributed by atoms with Crippen LogP contribution >= 0.6 is 11.6 Å². The lowest BCUT2D eigenvalue weighted by molar-refractivity contribution is 0.123. The predicted molar refractivity (Wildman–Crippen MR) is 106 cm³/mol. The first kappa shape index (κ1) is 17.5. The van der Waals surface area contributed by atoms with E-state index in [2.05, 4.69) is 9.97 Å². The van der Waals surface area contributed by atoms with Crippen molar-refractivity contribution in [3.63, 3.8) is 0 Å². The summed E-state index contributed by atoms with van der Waals surface area (Å²) in [5.41, 5.74) is 3.68. The molecule has 0 bridgehead atoms. The van der Waals surface area contributed by atoms with Crippen molar-refractivity contribution < 1.29 is 9.84 Å². The van der Waals surface area contributed by atoms with Crippen molar-refractivity contribution in [3.05, 3.63) is 72.3 Å². The molecule has 6 heteroatoms. The second-order valence-electron chi connectivity index (χ2n) is 6.30. The Morgan fingerprint density at radius 2 is 1.81 bits per heavy atom. The largest absolute Gasteiger partial charge is 0.491 e. The fourth-order valence-corrected chi connectivity index (χ4v) is 3.21. The monoisotopic (exact) mass is 379 g/mol. The Morgan fingerprint density at radius 1 is 1.07 bits per heavy atom. The Hall–Kier alpha value is -2.89. The topological polar surface area (TPSA) is 60.2 Å². The number of para-hydroxylation sites is 1. The molecule has 1 N–H and O–H groups in total. The van der Waals surface area contributed by atoms with Gasteiger partial charge in [-0.2, -0.15) is 0 Å². The first-order valence-electron chi connectivity index (χ1n) is 8.62. The van der Waals surface area contributed by atoms with Crippen molar-refractivity contribution in [2.75, 3.05) is 6.61 Å². The quantitative estimate of drug-likeness (QED) is 0.518. The van der Waals surface area contributed by atoms with E-state index >= 15 is 0 Å². The summed E-state index contributed by atoms with van der Waals surface area (Å²) in [5.74, 6) is 0.703. The van der Waals surface area contributed by atoms with Crippen LogP contribution in [0.15, 0.2) is 67.1 Å². The van der Waals surface area contributed by atoms with Gasteiger partial charge in [-0.25, -0.2) is 9.97 Å². The first-order chi connectivity index (χ1) is 13.1. The molecule has 0 radical (unpaired) electrons. The minimum Gasteiger partial charge on any atom is -0.491 e. The van der Waals surface area contributed by atoms with Crippen molar-refractivity contribution in [1.29, 1.82) is 0 Å². The molecule has 0 saturated carbocycles. The maximum absolute atomic E-state index is 9.35. The van der Waals surface area contributed by atoms with Crippen molar-refractivity contribution in [1.82, 2.24) is 14.5 Å². The van der Waals surface area contributed by atoms with Crippen molar-refractivity contribution >= 4 is 22.6 Å². The number of aromatic nitrogens is 3. The van der Waals surface area contributed by atoms with Gasteiger partial charge in [-0.3, -0.25) is 0 Å². The molecule has 0 saturated heterocycles. The van der Waals surface area contributed by atoms with Gasteiger partial charge < -0.3 is 14.4 Å². The lowest BCUT2D eigenvalue weighted by Crippen LogP contribution is -2.12. The van der Waals surface area contributed by atoms with Gasteiger partial charge in [-0.1, -0.05) is 41.9 Å². The third-order valence-electron chi connectivity index (χ3n) is 4.23. The van der Waals surface area contributed by atoms with Crippen LogP contribution in [0.2, 0.25) is 5.15 Å². The summed E-state index contributed by atoms with van der Waals surface area (Å²) in [4.78, 5) is 8.60. The number of rotatable bonds is 5. The number of hydrogen-bond donors (Lipinski definition) is 1. The smallest absolute Gasteiger partial charge is 0.150 e.